The van der Waals surface area contributed by atoms with E-state index in [1.165, 1.54) is 4.90 Å². The zero-order valence-corrected chi connectivity index (χ0v) is 16.6. The second-order valence-corrected chi connectivity index (χ2v) is 6.68. The maximum absolute atomic E-state index is 12.8. The van der Waals surface area contributed by atoms with Crippen LogP contribution in [0.25, 0.3) is 0 Å². The van der Waals surface area contributed by atoms with Crippen LogP contribution in [0.2, 0.25) is 5.02 Å². The normalized spacial score (nSPS) is 11.5. The van der Waals surface area contributed by atoms with Gasteiger partial charge in [-0.2, -0.15) is 0 Å². The average molecular weight is 405 g/mol. The highest BCUT2D eigenvalue weighted by atomic mass is 35.5. The van der Waals surface area contributed by atoms with E-state index in [1.54, 1.807) is 31.2 Å². The molecule has 0 unspecified atom stereocenters. The van der Waals surface area contributed by atoms with E-state index in [1.807, 2.05) is 30.3 Å². The lowest BCUT2D eigenvalue weighted by molar-refractivity contribution is -0.142. The van der Waals surface area contributed by atoms with E-state index in [9.17, 15) is 9.59 Å². The van der Waals surface area contributed by atoms with Crippen molar-refractivity contribution >= 4 is 23.4 Å². The summed E-state index contributed by atoms with van der Waals surface area (Å²) in [6.45, 7) is 2.06. The Morgan fingerprint density at radius 3 is 2.50 bits per heavy atom. The molecule has 0 radical (unpaired) electrons. The Balaban J connectivity index is 2.08. The number of carbonyl (C=O) groups excluding carboxylic acids is 2. The summed E-state index contributed by atoms with van der Waals surface area (Å²) in [5, 5.41) is 12.0. The third-order valence-corrected chi connectivity index (χ3v) is 4.50. The Morgan fingerprint density at radius 1 is 1.14 bits per heavy atom. The Hall–Kier alpha value is -2.57. The van der Waals surface area contributed by atoms with Crippen LogP contribution in [0.15, 0.2) is 54.6 Å². The van der Waals surface area contributed by atoms with Gasteiger partial charge in [0.15, 0.2) is 6.61 Å². The summed E-state index contributed by atoms with van der Waals surface area (Å²) in [4.78, 5) is 26.8. The Kier molecular flexibility index (Phi) is 8.78. The summed E-state index contributed by atoms with van der Waals surface area (Å²) in [6, 6.07) is 15.7. The Morgan fingerprint density at radius 2 is 1.82 bits per heavy atom. The molecule has 0 bridgehead atoms. The topological polar surface area (TPSA) is 78.9 Å². The molecule has 0 aromatic heterocycles. The van der Waals surface area contributed by atoms with Crippen LogP contribution >= 0.6 is 11.6 Å². The molecule has 2 N–H and O–H groups in total. The molecule has 0 aliphatic carbocycles. The summed E-state index contributed by atoms with van der Waals surface area (Å²) in [5.74, 6) is -0.193. The number of halogens is 1. The fraction of sp³-hybridized carbons (Fsp3) is 0.333. The molecule has 0 heterocycles. The number of hydrogen-bond donors (Lipinski definition) is 2. The maximum Gasteiger partial charge on any atom is 0.261 e. The van der Waals surface area contributed by atoms with Gasteiger partial charge >= 0.3 is 0 Å². The molecule has 2 aromatic carbocycles. The van der Waals surface area contributed by atoms with Gasteiger partial charge in [-0.3, -0.25) is 9.59 Å². The number of nitrogens with zero attached hydrogens (tertiary/aromatic N) is 1. The van der Waals surface area contributed by atoms with Crippen LogP contribution in [0.1, 0.15) is 18.9 Å². The quantitative estimate of drug-likeness (QED) is 0.597. The molecular formula is C21H25ClN2O4. The SMILES string of the molecule is C[C@H](C(=O)NCCCO)N(Cc1ccccc1)C(=O)COc1ccccc1Cl. The third-order valence-electron chi connectivity index (χ3n) is 4.18. The van der Waals surface area contributed by atoms with Crippen molar-refractivity contribution in [1.82, 2.24) is 10.2 Å². The lowest BCUT2D eigenvalue weighted by Crippen LogP contribution is -2.49. The Bertz CT molecular complexity index is 770. The first kappa shape index (κ1) is 21.7. The molecule has 150 valence electrons. The van der Waals surface area contributed by atoms with Crippen molar-refractivity contribution in [2.75, 3.05) is 19.8 Å². The van der Waals surface area contributed by atoms with Crippen LogP contribution in [0, 0.1) is 0 Å². The van der Waals surface area contributed by atoms with E-state index >= 15 is 0 Å². The standard InChI is InChI=1S/C21H25ClN2O4/c1-16(21(27)23-12-7-13-25)24(14-17-8-3-2-4-9-17)20(26)15-28-19-11-6-5-10-18(19)22/h2-6,8-11,16,25H,7,12-15H2,1H3,(H,23,27)/t16-/m1/s1. The van der Waals surface area contributed by atoms with E-state index in [2.05, 4.69) is 5.32 Å². The molecule has 0 aliphatic rings. The van der Waals surface area contributed by atoms with Crippen LogP contribution in [0.4, 0.5) is 0 Å². The van der Waals surface area contributed by atoms with Gasteiger partial charge in [0.2, 0.25) is 5.91 Å². The molecule has 0 saturated carbocycles. The number of nitrogens with one attached hydrogen (secondary N) is 1. The van der Waals surface area contributed by atoms with Crippen molar-refractivity contribution in [1.29, 1.82) is 0 Å². The predicted molar refractivity (Wildman–Crippen MR) is 108 cm³/mol. The van der Waals surface area contributed by atoms with E-state index in [4.69, 9.17) is 21.4 Å². The van der Waals surface area contributed by atoms with Gasteiger partial charge in [-0.05, 0) is 31.0 Å². The van der Waals surface area contributed by atoms with Crippen molar-refractivity contribution in [2.24, 2.45) is 0 Å². The molecule has 1 atom stereocenters. The zero-order valence-electron chi connectivity index (χ0n) is 15.8. The predicted octanol–water partition coefficient (Wildman–Crippen LogP) is 2.63. The van der Waals surface area contributed by atoms with E-state index in [0.29, 0.717) is 23.7 Å². The number of amides is 2. The van der Waals surface area contributed by atoms with Crippen LogP contribution in [0.5, 0.6) is 5.75 Å². The van der Waals surface area contributed by atoms with Crippen molar-refractivity contribution in [3.63, 3.8) is 0 Å². The fourth-order valence-corrected chi connectivity index (χ4v) is 2.78. The van der Waals surface area contributed by atoms with E-state index in [-0.39, 0.29) is 31.6 Å². The molecule has 0 aliphatic heterocycles. The molecule has 0 spiro atoms. The van der Waals surface area contributed by atoms with Gasteiger partial charge in [0, 0.05) is 19.7 Å². The number of hydrogen-bond acceptors (Lipinski definition) is 4. The summed E-state index contributed by atoms with van der Waals surface area (Å²) in [5.41, 5.74) is 0.906. The van der Waals surface area contributed by atoms with Crippen LogP contribution in [0.3, 0.4) is 0 Å². The van der Waals surface area contributed by atoms with Gasteiger partial charge in [0.1, 0.15) is 11.8 Å². The summed E-state index contributed by atoms with van der Waals surface area (Å²) >= 11 is 6.07. The number of para-hydroxylation sites is 1. The first-order valence-corrected chi connectivity index (χ1v) is 9.50. The average Bonchev–Trinajstić information content (AvgIpc) is 2.71. The van der Waals surface area contributed by atoms with Crippen molar-refractivity contribution in [3.8, 4) is 5.75 Å². The monoisotopic (exact) mass is 404 g/mol. The highest BCUT2D eigenvalue weighted by molar-refractivity contribution is 6.32. The molecule has 0 fully saturated rings. The number of benzene rings is 2. The minimum atomic E-state index is -0.693. The minimum Gasteiger partial charge on any atom is -0.482 e. The maximum atomic E-state index is 12.8. The third kappa shape index (κ3) is 6.55. The van der Waals surface area contributed by atoms with Crippen LogP contribution < -0.4 is 10.1 Å². The number of aliphatic hydroxyl groups excluding tert-OH is 1. The molecular weight excluding hydrogens is 380 g/mol. The highest BCUT2D eigenvalue weighted by Crippen LogP contribution is 2.23. The summed E-state index contributed by atoms with van der Waals surface area (Å²) in [7, 11) is 0. The van der Waals surface area contributed by atoms with Crippen LogP contribution in [-0.2, 0) is 16.1 Å². The molecule has 6 nitrogen and oxygen atoms in total. The van der Waals surface area contributed by atoms with Gasteiger partial charge in [-0.15, -0.1) is 0 Å². The van der Waals surface area contributed by atoms with Crippen molar-refractivity contribution in [2.45, 2.75) is 25.9 Å². The summed E-state index contributed by atoms with van der Waals surface area (Å²) in [6.07, 6.45) is 0.459. The van der Waals surface area contributed by atoms with Gasteiger partial charge in [0.05, 0.1) is 5.02 Å². The lowest BCUT2D eigenvalue weighted by Gasteiger charge is -2.28. The molecule has 2 amide bonds. The highest BCUT2D eigenvalue weighted by Gasteiger charge is 2.26. The molecule has 7 heteroatoms. The van der Waals surface area contributed by atoms with Gasteiger partial charge in [-0.1, -0.05) is 54.1 Å². The lowest BCUT2D eigenvalue weighted by atomic mass is 10.1. The summed E-state index contributed by atoms with van der Waals surface area (Å²) < 4.78 is 5.56. The number of rotatable bonds is 10. The van der Waals surface area contributed by atoms with E-state index in [0.717, 1.165) is 5.56 Å². The number of ether oxygens (including phenoxy) is 1. The van der Waals surface area contributed by atoms with Crippen molar-refractivity contribution in [3.05, 3.63) is 65.2 Å². The number of aliphatic hydroxyl groups is 1. The first-order valence-electron chi connectivity index (χ1n) is 9.12. The molecule has 2 aromatic rings. The Labute approximate surface area is 170 Å². The molecule has 0 saturated heterocycles. The second-order valence-electron chi connectivity index (χ2n) is 6.27. The van der Waals surface area contributed by atoms with Gasteiger partial charge in [0.25, 0.3) is 5.91 Å². The first-order chi connectivity index (χ1) is 13.5. The molecule has 2 rings (SSSR count). The second kappa shape index (κ2) is 11.3. The fourth-order valence-electron chi connectivity index (χ4n) is 2.59. The minimum absolute atomic E-state index is 0.00695. The van der Waals surface area contributed by atoms with Crippen LogP contribution in [-0.4, -0.2) is 47.6 Å². The van der Waals surface area contributed by atoms with Crippen molar-refractivity contribution < 1.29 is 19.4 Å². The number of carbonyl (C=O) groups is 2. The largest absolute Gasteiger partial charge is 0.482 e. The van der Waals surface area contributed by atoms with E-state index < -0.39 is 6.04 Å². The molecule has 28 heavy (non-hydrogen) atoms. The van der Waals surface area contributed by atoms with Gasteiger partial charge < -0.3 is 20.1 Å². The zero-order chi connectivity index (χ0) is 20.4. The van der Waals surface area contributed by atoms with Gasteiger partial charge in [-0.25, -0.2) is 0 Å². The smallest absolute Gasteiger partial charge is 0.261 e.